The smallest absolute Gasteiger partial charge is 0.141 e. The van der Waals surface area contributed by atoms with E-state index in [0.29, 0.717) is 19.4 Å². The summed E-state index contributed by atoms with van der Waals surface area (Å²) in [5, 5.41) is 9.96. The lowest BCUT2D eigenvalue weighted by molar-refractivity contribution is -0.172. The Morgan fingerprint density at radius 3 is 2.74 bits per heavy atom. The van der Waals surface area contributed by atoms with Gasteiger partial charge in [-0.25, -0.2) is 0 Å². The zero-order chi connectivity index (χ0) is 13.5. The number of hydrogen-bond acceptors (Lipinski definition) is 3. The van der Waals surface area contributed by atoms with E-state index in [-0.39, 0.29) is 11.7 Å². The largest absolute Gasteiger partial charge is 0.392 e. The van der Waals surface area contributed by atoms with Gasteiger partial charge in [0.05, 0.1) is 18.3 Å². The van der Waals surface area contributed by atoms with Crippen LogP contribution in [0.5, 0.6) is 0 Å². The quantitative estimate of drug-likeness (QED) is 0.930. The standard InChI is InChI=1S/C15H17BrO3/c16-11-3-1-10(2-4-11)9-19-15-6-5-12(13(17)7-15)14(18)8-15/h1-4,12-13,17H,5-9H2/t12-,13+,15-/m1/s1. The van der Waals surface area contributed by atoms with Crippen LogP contribution in [0.1, 0.15) is 31.2 Å². The molecular weight excluding hydrogens is 308 g/mol. The van der Waals surface area contributed by atoms with Gasteiger partial charge >= 0.3 is 0 Å². The van der Waals surface area contributed by atoms with Gasteiger partial charge in [-0.3, -0.25) is 4.79 Å². The van der Waals surface area contributed by atoms with Crippen molar-refractivity contribution in [3.8, 4) is 0 Å². The van der Waals surface area contributed by atoms with Crippen LogP contribution in [0.15, 0.2) is 28.7 Å². The van der Waals surface area contributed by atoms with Gasteiger partial charge in [-0.05, 0) is 30.5 Å². The van der Waals surface area contributed by atoms with E-state index in [4.69, 9.17) is 4.74 Å². The normalized spacial score (nSPS) is 33.7. The summed E-state index contributed by atoms with van der Waals surface area (Å²) in [5.41, 5.74) is 0.658. The molecule has 3 nitrogen and oxygen atoms in total. The molecule has 0 saturated heterocycles. The van der Waals surface area contributed by atoms with Crippen LogP contribution >= 0.6 is 15.9 Å². The summed E-state index contributed by atoms with van der Waals surface area (Å²) in [4.78, 5) is 11.9. The first-order chi connectivity index (χ1) is 9.08. The minimum absolute atomic E-state index is 0.141. The second-order valence-corrected chi connectivity index (χ2v) is 6.57. The third-order valence-corrected chi connectivity index (χ3v) is 4.85. The van der Waals surface area contributed by atoms with E-state index < -0.39 is 11.7 Å². The molecular formula is C15H17BrO3. The molecule has 1 N–H and O–H groups in total. The lowest BCUT2D eigenvalue weighted by Gasteiger charge is -2.47. The third kappa shape index (κ3) is 2.62. The zero-order valence-electron chi connectivity index (χ0n) is 10.6. The van der Waals surface area contributed by atoms with Crippen LogP contribution in [0.3, 0.4) is 0 Å². The first-order valence-electron chi connectivity index (χ1n) is 6.67. The lowest BCUT2D eigenvalue weighted by atomic mass is 9.65. The highest BCUT2D eigenvalue weighted by Crippen LogP contribution is 2.45. The average Bonchev–Trinajstić information content (AvgIpc) is 2.38. The highest BCUT2D eigenvalue weighted by molar-refractivity contribution is 9.10. The molecule has 3 atom stereocenters. The van der Waals surface area contributed by atoms with Gasteiger partial charge in [0.15, 0.2) is 0 Å². The van der Waals surface area contributed by atoms with Crippen molar-refractivity contribution in [3.63, 3.8) is 0 Å². The summed E-state index contributed by atoms with van der Waals surface area (Å²) in [6.45, 7) is 0.498. The Kier molecular flexibility index (Phi) is 3.50. The van der Waals surface area contributed by atoms with E-state index in [9.17, 15) is 9.90 Å². The number of aliphatic hydroxyl groups excluding tert-OH is 1. The fourth-order valence-corrected chi connectivity index (χ4v) is 3.48. The molecule has 0 aliphatic heterocycles. The summed E-state index contributed by atoms with van der Waals surface area (Å²) < 4.78 is 7.07. The number of halogens is 1. The Morgan fingerprint density at radius 1 is 1.37 bits per heavy atom. The molecule has 0 amide bonds. The van der Waals surface area contributed by atoms with Gasteiger partial charge in [0.25, 0.3) is 0 Å². The SMILES string of the molecule is O=C1C[C@@]2(OCc3ccc(Br)cc3)CC[C@@H]1[C@@H](O)C2. The highest BCUT2D eigenvalue weighted by Gasteiger charge is 2.50. The number of ether oxygens (including phenoxy) is 1. The molecule has 19 heavy (non-hydrogen) atoms. The summed E-state index contributed by atoms with van der Waals surface area (Å²) in [6, 6.07) is 7.98. The number of carbonyl (C=O) groups excluding carboxylic acids is 1. The molecule has 102 valence electrons. The Labute approximate surface area is 121 Å². The molecule has 3 saturated carbocycles. The van der Waals surface area contributed by atoms with Crippen molar-refractivity contribution in [2.75, 3.05) is 0 Å². The van der Waals surface area contributed by atoms with Crippen LogP contribution in [-0.4, -0.2) is 22.6 Å². The van der Waals surface area contributed by atoms with Gasteiger partial charge in [-0.1, -0.05) is 28.1 Å². The average molecular weight is 325 g/mol. The molecule has 0 aromatic heterocycles. The molecule has 3 aliphatic carbocycles. The van der Waals surface area contributed by atoms with Crippen molar-refractivity contribution in [2.24, 2.45) is 5.92 Å². The van der Waals surface area contributed by atoms with Gasteiger partial charge < -0.3 is 9.84 Å². The predicted molar refractivity (Wildman–Crippen MR) is 74.6 cm³/mol. The van der Waals surface area contributed by atoms with Gasteiger partial charge in [0.1, 0.15) is 5.78 Å². The minimum Gasteiger partial charge on any atom is -0.392 e. The predicted octanol–water partition coefficient (Wildman–Crippen LogP) is 2.84. The van der Waals surface area contributed by atoms with Crippen molar-refractivity contribution in [3.05, 3.63) is 34.3 Å². The van der Waals surface area contributed by atoms with Crippen molar-refractivity contribution in [1.82, 2.24) is 0 Å². The summed E-state index contributed by atoms with van der Waals surface area (Å²) in [5.74, 6) is 0.0268. The van der Waals surface area contributed by atoms with Crippen molar-refractivity contribution in [1.29, 1.82) is 0 Å². The van der Waals surface area contributed by atoms with Crippen LogP contribution in [0, 0.1) is 5.92 Å². The second kappa shape index (κ2) is 5.00. The van der Waals surface area contributed by atoms with Crippen LogP contribution in [0.2, 0.25) is 0 Å². The van der Waals surface area contributed by atoms with Crippen molar-refractivity contribution >= 4 is 21.7 Å². The molecule has 3 fully saturated rings. The second-order valence-electron chi connectivity index (χ2n) is 5.66. The lowest BCUT2D eigenvalue weighted by Crippen LogP contribution is -2.54. The van der Waals surface area contributed by atoms with Gasteiger partial charge in [0.2, 0.25) is 0 Å². The minimum atomic E-state index is -0.514. The monoisotopic (exact) mass is 324 g/mol. The molecule has 0 heterocycles. The Hall–Kier alpha value is -0.710. The van der Waals surface area contributed by atoms with Crippen molar-refractivity contribution < 1.29 is 14.6 Å². The van der Waals surface area contributed by atoms with E-state index in [1.54, 1.807) is 0 Å². The van der Waals surface area contributed by atoms with E-state index in [1.165, 1.54) is 0 Å². The first kappa shape index (κ1) is 13.3. The van der Waals surface area contributed by atoms with Crippen molar-refractivity contribution in [2.45, 2.75) is 44.0 Å². The third-order valence-electron chi connectivity index (χ3n) is 4.32. The number of Topliss-reactive ketones (excluding diaryl/α,β-unsaturated/α-hetero) is 1. The summed E-state index contributed by atoms with van der Waals surface area (Å²) in [6.07, 6.45) is 2.20. The van der Waals surface area contributed by atoms with Gasteiger partial charge in [-0.2, -0.15) is 0 Å². The number of ketones is 1. The number of rotatable bonds is 3. The number of hydrogen-bond donors (Lipinski definition) is 1. The van der Waals surface area contributed by atoms with E-state index in [2.05, 4.69) is 15.9 Å². The number of benzene rings is 1. The fraction of sp³-hybridized carbons (Fsp3) is 0.533. The molecule has 0 spiro atoms. The Bertz CT molecular complexity index is 485. The van der Waals surface area contributed by atoms with Crippen LogP contribution < -0.4 is 0 Å². The number of aliphatic hydroxyl groups is 1. The van der Waals surface area contributed by atoms with Crippen LogP contribution in [0.4, 0.5) is 0 Å². The maximum atomic E-state index is 11.9. The Balaban J connectivity index is 1.68. The van der Waals surface area contributed by atoms with Crippen LogP contribution in [0.25, 0.3) is 0 Å². The molecule has 1 aromatic carbocycles. The maximum Gasteiger partial charge on any atom is 0.141 e. The van der Waals surface area contributed by atoms with Gasteiger partial charge in [0, 0.05) is 23.2 Å². The number of fused-ring (bicyclic) bond motifs is 3. The van der Waals surface area contributed by atoms with Gasteiger partial charge in [-0.15, -0.1) is 0 Å². The zero-order valence-corrected chi connectivity index (χ0v) is 12.2. The first-order valence-corrected chi connectivity index (χ1v) is 7.46. The molecule has 3 aliphatic rings. The summed E-state index contributed by atoms with van der Waals surface area (Å²) in [7, 11) is 0. The van der Waals surface area contributed by atoms with Crippen LogP contribution in [-0.2, 0) is 16.1 Å². The molecule has 4 rings (SSSR count). The molecule has 2 bridgehead atoms. The fourth-order valence-electron chi connectivity index (χ4n) is 3.22. The molecule has 1 aromatic rings. The molecule has 4 heteroatoms. The van der Waals surface area contributed by atoms with E-state index in [0.717, 1.165) is 22.9 Å². The summed E-state index contributed by atoms with van der Waals surface area (Å²) >= 11 is 3.40. The Morgan fingerprint density at radius 2 is 2.11 bits per heavy atom. The molecule has 0 radical (unpaired) electrons. The van der Waals surface area contributed by atoms with E-state index >= 15 is 0 Å². The topological polar surface area (TPSA) is 46.5 Å². The number of carbonyl (C=O) groups is 1. The maximum absolute atomic E-state index is 11.9. The molecule has 0 unspecified atom stereocenters. The highest BCUT2D eigenvalue weighted by atomic mass is 79.9. The van der Waals surface area contributed by atoms with E-state index in [1.807, 2.05) is 24.3 Å².